The Bertz CT molecular complexity index is 93.8. The molecule has 0 unspecified atom stereocenters. The standard InChI is InChI=1S/C5H8O3.Rb.Re.Rf/c1-4(6)8-5(2)7-3;;;/h1H2,2-3H3;;;/q-2;+1;;. The maximum Gasteiger partial charge on any atom is 1.00 e. The summed E-state index contributed by atoms with van der Waals surface area (Å²) in [6.07, 6.45) is 0.213. The second kappa shape index (κ2) is 13.4. The molecule has 1 radical (unpaired) electrons. The Hall–Kier alpha value is 0.768. The molecular weight excluding hydrogens is 647 g/mol. The molecule has 3 nitrogen and oxygen atoms in total. The summed E-state index contributed by atoms with van der Waals surface area (Å²) in [6, 6.07) is 0. The molecule has 0 aliphatic rings. The van der Waals surface area contributed by atoms with Gasteiger partial charge in [0.05, 0.1) is 0 Å². The zero-order valence-corrected chi connectivity index (χ0v) is 21.0. The molecule has 0 saturated carbocycles. The van der Waals surface area contributed by atoms with E-state index in [0.29, 0.717) is 0 Å². The van der Waals surface area contributed by atoms with Crippen LogP contribution in [-0.4, -0.2) is 13.1 Å². The normalized spacial score (nSPS) is 6.82. The van der Waals surface area contributed by atoms with Crippen LogP contribution in [0.3, 0.4) is 0 Å². The molecule has 0 heterocycles. The summed E-state index contributed by atoms with van der Waals surface area (Å²) in [6.45, 7) is 4.50. The molecule has 0 aliphatic carbocycles. The largest absolute Gasteiger partial charge is 1.00 e. The van der Waals surface area contributed by atoms with Gasteiger partial charge in [-0.25, -0.2) is 0 Å². The Morgan fingerprint density at radius 3 is 2.00 bits per heavy atom. The predicted octanol–water partition coefficient (Wildman–Crippen LogP) is -2.48. The maximum atomic E-state index is 9.98. The van der Waals surface area contributed by atoms with E-state index in [1.54, 1.807) is 0 Å². The molecule has 6 heteroatoms. The van der Waals surface area contributed by atoms with E-state index in [2.05, 4.69) is 16.4 Å². The van der Waals surface area contributed by atoms with Crippen LogP contribution in [0.15, 0.2) is 0 Å². The van der Waals surface area contributed by atoms with Gasteiger partial charge < -0.3 is 16.4 Å². The van der Waals surface area contributed by atoms with Crippen LogP contribution in [0.5, 0.6) is 0 Å². The fraction of sp³-hybridized carbons (Fsp3) is 0.400. The van der Waals surface area contributed by atoms with Crippen LogP contribution < -0.4 is 58.2 Å². The molecule has 11 heavy (non-hydrogen) atoms. The van der Waals surface area contributed by atoms with Crippen molar-refractivity contribution in [3.8, 4) is 0 Å². The molecule has 0 atom stereocenters. The Kier molecular flexibility index (Phi) is 27.5. The van der Waals surface area contributed by atoms with Crippen molar-refractivity contribution >= 4 is 5.97 Å². The van der Waals surface area contributed by atoms with Crippen molar-refractivity contribution in [1.29, 1.82) is 0 Å². The molecule has 0 fully saturated rings. The molecule has 0 spiro atoms. The smallest absolute Gasteiger partial charge is 0.629 e. The van der Waals surface area contributed by atoms with Gasteiger partial charge in [0.1, 0.15) is 5.97 Å². The summed E-state index contributed by atoms with van der Waals surface area (Å²) < 4.78 is 8.84. The zero-order chi connectivity index (χ0) is 6.57. The molecule has 0 aromatic carbocycles. The van der Waals surface area contributed by atoms with Crippen molar-refractivity contribution < 1.29 is 92.9 Å². The minimum absolute atomic E-state index is 0. The van der Waals surface area contributed by atoms with Crippen LogP contribution in [-0.2, 0) is 34.7 Å². The van der Waals surface area contributed by atoms with Crippen LogP contribution in [0.4, 0.5) is 0 Å². The fourth-order valence-electron chi connectivity index (χ4n) is 0.202. The van der Waals surface area contributed by atoms with Crippen molar-refractivity contribution in [3.63, 3.8) is 0 Å². The van der Waals surface area contributed by atoms with E-state index in [0.717, 1.165) is 0 Å². The van der Waals surface area contributed by atoms with E-state index in [4.69, 9.17) is 0 Å². The van der Waals surface area contributed by atoms with Crippen molar-refractivity contribution in [2.45, 2.75) is 6.92 Å². The Balaban J connectivity index is -0.0000000817. The maximum absolute atomic E-state index is 9.98. The second-order valence-corrected chi connectivity index (χ2v) is 1.17. The molecule has 0 bridgehead atoms. The summed E-state index contributed by atoms with van der Waals surface area (Å²) in [5, 5.41) is 0. The van der Waals surface area contributed by atoms with E-state index < -0.39 is 5.97 Å². The molecule has 0 N–H and O–H groups in total. The second-order valence-electron chi connectivity index (χ2n) is 1.17. The summed E-state index contributed by atoms with van der Waals surface area (Å²) in [7, 11) is 1.41. The van der Waals surface area contributed by atoms with Gasteiger partial charge >= 0.3 is 58.2 Å². The molecule has 57 valence electrons. The van der Waals surface area contributed by atoms with Crippen LogP contribution >= 0.6 is 0 Å². The molecule has 0 amide bonds. The number of carbonyl (C=O) groups excluding carboxylic acids is 1. The van der Waals surface area contributed by atoms with Gasteiger partial charge in [-0.1, -0.05) is 0 Å². The third kappa shape index (κ3) is 18.1. The van der Waals surface area contributed by atoms with E-state index >= 15 is 0 Å². The minimum Gasteiger partial charge on any atom is -0.629 e. The van der Waals surface area contributed by atoms with E-state index in [9.17, 15) is 4.79 Å². The van der Waals surface area contributed by atoms with Gasteiger partial charge in [0, 0.05) is 27.5 Å². The van der Waals surface area contributed by atoms with Crippen molar-refractivity contribution in [3.05, 3.63) is 13.2 Å². The van der Waals surface area contributed by atoms with Gasteiger partial charge in [0.25, 0.3) is 0 Å². The zero-order valence-electron chi connectivity index (χ0n) is 7.02. The third-order valence-corrected chi connectivity index (χ3v) is 0.545. The van der Waals surface area contributed by atoms with Crippen molar-refractivity contribution in [2.24, 2.45) is 0 Å². The average Bonchev–Trinajstić information content (AvgIpc) is 1.65. The summed E-state index contributed by atoms with van der Waals surface area (Å²) in [5.74, 6) is -0.607. The van der Waals surface area contributed by atoms with E-state index in [1.165, 1.54) is 14.0 Å². The average molecular weight is 655 g/mol. The first-order chi connectivity index (χ1) is 3.66. The first-order valence-corrected chi connectivity index (χ1v) is 2.08. The summed E-state index contributed by atoms with van der Waals surface area (Å²) >= 11 is 0. The van der Waals surface area contributed by atoms with Gasteiger partial charge in [-0.3, -0.25) is 4.79 Å². The van der Waals surface area contributed by atoms with E-state index in [-0.39, 0.29) is 84.9 Å². The molecule has 0 aliphatic heterocycles. The molecule has 0 saturated heterocycles. The quantitative estimate of drug-likeness (QED) is 0.245. The monoisotopic (exact) mass is 655 g/mol. The number of esters is 1. The number of methoxy groups -OCH3 is 1. The number of hydrogen-bond donors (Lipinski definition) is 0. The third-order valence-electron chi connectivity index (χ3n) is 0.545. The van der Waals surface area contributed by atoms with Gasteiger partial charge in [-0.15, -0.1) is 6.92 Å². The van der Waals surface area contributed by atoms with Crippen molar-refractivity contribution in [1.82, 2.24) is 0 Å². The van der Waals surface area contributed by atoms with Crippen LogP contribution in [0.2, 0.25) is 0 Å². The number of hydrogen-bond acceptors (Lipinski definition) is 3. The van der Waals surface area contributed by atoms with Gasteiger partial charge in [0.15, 0.2) is 0 Å². The Morgan fingerprint density at radius 2 is 1.91 bits per heavy atom. The number of rotatable bonds is 2. The summed E-state index contributed by atoms with van der Waals surface area (Å²) in [4.78, 5) is 9.98. The minimum atomic E-state index is -0.607. The number of carbonyl (C=O) groups is 1. The fourth-order valence-corrected chi connectivity index (χ4v) is 0.202. The molecule has 0 aromatic heterocycles. The van der Waals surface area contributed by atoms with Gasteiger partial charge in [0.2, 0.25) is 0 Å². The van der Waals surface area contributed by atoms with Crippen molar-refractivity contribution in [2.75, 3.05) is 7.11 Å². The predicted molar refractivity (Wildman–Crippen MR) is 27.4 cm³/mol. The Morgan fingerprint density at radius 1 is 1.55 bits per heavy atom. The molecular formula is C5H8O3RbReRf-. The topological polar surface area (TPSA) is 35.5 Å². The number of ether oxygens (including phenoxy) is 2. The van der Waals surface area contributed by atoms with E-state index in [1.807, 2.05) is 0 Å². The van der Waals surface area contributed by atoms with Crippen LogP contribution in [0.1, 0.15) is 6.92 Å². The molecule has 0 aromatic rings. The molecule has 0 rings (SSSR count). The van der Waals surface area contributed by atoms with Gasteiger partial charge in [-0.05, 0) is 6.29 Å². The first-order valence-electron chi connectivity index (χ1n) is 2.08. The van der Waals surface area contributed by atoms with Crippen LogP contribution in [0, 0.1) is 13.2 Å². The Labute approximate surface area is 124 Å². The van der Waals surface area contributed by atoms with Gasteiger partial charge in [-0.2, -0.15) is 0 Å². The SMILES string of the molecule is [CH2-]C(=O)O[C-](C)OC.[Rb+].[Re].[Rf]. The first kappa shape index (κ1) is 22.6. The van der Waals surface area contributed by atoms with Crippen LogP contribution in [0.25, 0.3) is 0 Å². The summed E-state index contributed by atoms with van der Waals surface area (Å²) in [5.41, 5.74) is 0.